The molecule has 9 heteroatoms. The van der Waals surface area contributed by atoms with Crippen molar-refractivity contribution >= 4 is 28.4 Å². The van der Waals surface area contributed by atoms with Gasteiger partial charge in [0.25, 0.3) is 0 Å². The lowest BCUT2D eigenvalue weighted by Gasteiger charge is -2.04. The molecule has 2 amide bonds. The Morgan fingerprint density at radius 2 is 1.87 bits per heavy atom. The Bertz CT molecular complexity index is 1180. The van der Waals surface area contributed by atoms with Gasteiger partial charge in [-0.05, 0) is 35.9 Å². The van der Waals surface area contributed by atoms with Gasteiger partial charge in [-0.1, -0.05) is 23.4 Å². The molecule has 152 valence electrons. The number of hydrogen-bond donors (Lipinski definition) is 3. The molecule has 2 aromatic heterocycles. The summed E-state index contributed by atoms with van der Waals surface area (Å²) in [5.74, 6) is -0.828. The summed E-state index contributed by atoms with van der Waals surface area (Å²) in [6.45, 7) is 0.161. The summed E-state index contributed by atoms with van der Waals surface area (Å²) in [5, 5.41) is 14.3. The Balaban J connectivity index is 1.27. The van der Waals surface area contributed by atoms with Crippen LogP contribution in [0.3, 0.4) is 0 Å². The van der Waals surface area contributed by atoms with Crippen LogP contribution in [0.25, 0.3) is 10.9 Å². The molecule has 30 heavy (non-hydrogen) atoms. The molecule has 0 spiro atoms. The van der Waals surface area contributed by atoms with Gasteiger partial charge in [0.2, 0.25) is 11.8 Å². The van der Waals surface area contributed by atoms with Crippen molar-refractivity contribution in [1.29, 1.82) is 0 Å². The SMILES string of the molecule is O=C(Cc1c[nH]c2ccccc12)NCc1cn(CC(=O)Nc2ccc(F)cc2)nn1. The van der Waals surface area contributed by atoms with Gasteiger partial charge >= 0.3 is 0 Å². The van der Waals surface area contributed by atoms with Crippen molar-refractivity contribution < 1.29 is 14.0 Å². The zero-order valence-corrected chi connectivity index (χ0v) is 15.9. The van der Waals surface area contributed by atoms with Gasteiger partial charge in [-0.15, -0.1) is 5.10 Å². The molecule has 0 saturated heterocycles. The van der Waals surface area contributed by atoms with Crippen LogP contribution in [0.15, 0.2) is 60.9 Å². The summed E-state index contributed by atoms with van der Waals surface area (Å²) >= 11 is 0. The van der Waals surface area contributed by atoms with Crippen LogP contribution in [-0.2, 0) is 29.1 Å². The number of benzene rings is 2. The molecule has 0 radical (unpaired) electrons. The molecule has 3 N–H and O–H groups in total. The number of nitrogens with zero attached hydrogens (tertiary/aromatic N) is 3. The second kappa shape index (κ2) is 8.56. The van der Waals surface area contributed by atoms with Crippen LogP contribution in [0.5, 0.6) is 0 Å². The summed E-state index contributed by atoms with van der Waals surface area (Å²) in [6.07, 6.45) is 3.68. The fraction of sp³-hybridized carbons (Fsp3) is 0.143. The predicted molar refractivity (Wildman–Crippen MR) is 109 cm³/mol. The van der Waals surface area contributed by atoms with E-state index < -0.39 is 0 Å². The number of H-pyrrole nitrogens is 1. The highest BCUT2D eigenvalue weighted by atomic mass is 19.1. The van der Waals surface area contributed by atoms with E-state index in [1.807, 2.05) is 30.5 Å². The Morgan fingerprint density at radius 1 is 1.07 bits per heavy atom. The highest BCUT2D eigenvalue weighted by Crippen LogP contribution is 2.18. The Kier molecular flexibility index (Phi) is 5.51. The van der Waals surface area contributed by atoms with E-state index in [9.17, 15) is 14.0 Å². The molecule has 2 heterocycles. The largest absolute Gasteiger partial charge is 0.361 e. The first-order chi connectivity index (χ1) is 14.6. The third kappa shape index (κ3) is 4.69. The smallest absolute Gasteiger partial charge is 0.246 e. The fourth-order valence-corrected chi connectivity index (χ4v) is 3.08. The molecular weight excluding hydrogens is 387 g/mol. The van der Waals surface area contributed by atoms with Gasteiger partial charge in [0.05, 0.1) is 19.2 Å². The maximum Gasteiger partial charge on any atom is 0.246 e. The van der Waals surface area contributed by atoms with Gasteiger partial charge in [-0.3, -0.25) is 9.59 Å². The van der Waals surface area contributed by atoms with Crippen LogP contribution in [0, 0.1) is 5.82 Å². The number of rotatable bonds is 7. The fourth-order valence-electron chi connectivity index (χ4n) is 3.08. The Labute approximate surface area is 171 Å². The van der Waals surface area contributed by atoms with Crippen molar-refractivity contribution in [2.75, 3.05) is 5.32 Å². The van der Waals surface area contributed by atoms with Crippen LogP contribution < -0.4 is 10.6 Å². The van der Waals surface area contributed by atoms with Crippen LogP contribution in [0.4, 0.5) is 10.1 Å². The number of amides is 2. The second-order valence-electron chi connectivity index (χ2n) is 6.78. The van der Waals surface area contributed by atoms with E-state index >= 15 is 0 Å². The summed E-state index contributed by atoms with van der Waals surface area (Å²) in [7, 11) is 0. The number of aromatic nitrogens is 4. The average molecular weight is 406 g/mol. The van der Waals surface area contributed by atoms with Crippen molar-refractivity contribution in [2.45, 2.75) is 19.5 Å². The lowest BCUT2D eigenvalue weighted by atomic mass is 10.1. The third-order valence-electron chi connectivity index (χ3n) is 4.51. The normalized spacial score (nSPS) is 10.8. The lowest BCUT2D eigenvalue weighted by Crippen LogP contribution is -2.24. The Hall–Kier alpha value is -4.01. The minimum atomic E-state index is -0.374. The van der Waals surface area contributed by atoms with Crippen molar-refractivity contribution in [3.05, 3.63) is 78.0 Å². The molecule has 0 bridgehead atoms. The van der Waals surface area contributed by atoms with Gasteiger partial charge in [0.1, 0.15) is 18.1 Å². The van der Waals surface area contributed by atoms with Crippen molar-refractivity contribution in [1.82, 2.24) is 25.3 Å². The number of halogens is 1. The molecule has 0 saturated carbocycles. The molecule has 0 aliphatic rings. The number of aromatic amines is 1. The molecule has 0 atom stereocenters. The standard InChI is InChI=1S/C21H19FN6O2/c22-15-5-7-16(8-6-15)25-21(30)13-28-12-17(26-27-28)11-24-20(29)9-14-10-23-19-4-2-1-3-18(14)19/h1-8,10,12,23H,9,11,13H2,(H,24,29)(H,25,30). The number of anilines is 1. The van der Waals surface area contributed by atoms with E-state index in [-0.39, 0.29) is 37.1 Å². The quantitative estimate of drug-likeness (QED) is 0.438. The summed E-state index contributed by atoms with van der Waals surface area (Å²) in [5.41, 5.74) is 2.94. The Morgan fingerprint density at radius 3 is 2.70 bits per heavy atom. The maximum atomic E-state index is 12.9. The van der Waals surface area contributed by atoms with E-state index in [2.05, 4.69) is 25.9 Å². The van der Waals surface area contributed by atoms with E-state index in [4.69, 9.17) is 0 Å². The maximum absolute atomic E-state index is 12.9. The summed E-state index contributed by atoms with van der Waals surface area (Å²) < 4.78 is 14.3. The molecule has 0 aliphatic heterocycles. The molecular formula is C21H19FN6O2. The van der Waals surface area contributed by atoms with Crippen LogP contribution in [0.1, 0.15) is 11.3 Å². The average Bonchev–Trinajstić information content (AvgIpc) is 3.35. The number of hydrogen-bond acceptors (Lipinski definition) is 4. The van der Waals surface area contributed by atoms with Crippen molar-refractivity contribution in [2.24, 2.45) is 0 Å². The highest BCUT2D eigenvalue weighted by molar-refractivity contribution is 5.90. The molecule has 4 aromatic rings. The topological polar surface area (TPSA) is 105 Å². The summed E-state index contributed by atoms with van der Waals surface area (Å²) in [4.78, 5) is 27.5. The van der Waals surface area contributed by atoms with Crippen LogP contribution in [0.2, 0.25) is 0 Å². The summed E-state index contributed by atoms with van der Waals surface area (Å²) in [6, 6.07) is 13.3. The van der Waals surface area contributed by atoms with Crippen molar-refractivity contribution in [3.63, 3.8) is 0 Å². The first kappa shape index (κ1) is 19.3. The van der Waals surface area contributed by atoms with E-state index in [0.717, 1.165) is 16.5 Å². The number of carbonyl (C=O) groups excluding carboxylic acids is 2. The van der Waals surface area contributed by atoms with E-state index in [0.29, 0.717) is 11.4 Å². The zero-order valence-electron chi connectivity index (χ0n) is 15.9. The molecule has 0 fully saturated rings. The molecule has 4 rings (SSSR count). The van der Waals surface area contributed by atoms with Crippen LogP contribution in [-0.4, -0.2) is 31.8 Å². The van der Waals surface area contributed by atoms with Gasteiger partial charge in [0, 0.05) is 22.8 Å². The van der Waals surface area contributed by atoms with Crippen LogP contribution >= 0.6 is 0 Å². The molecule has 8 nitrogen and oxygen atoms in total. The first-order valence-electron chi connectivity index (χ1n) is 9.33. The molecule has 0 unspecified atom stereocenters. The number of para-hydroxylation sites is 1. The minimum absolute atomic E-state index is 0.0480. The third-order valence-corrected chi connectivity index (χ3v) is 4.51. The molecule has 2 aromatic carbocycles. The second-order valence-corrected chi connectivity index (χ2v) is 6.78. The molecule has 0 aliphatic carbocycles. The predicted octanol–water partition coefficient (Wildman–Crippen LogP) is 2.40. The first-order valence-corrected chi connectivity index (χ1v) is 9.33. The van der Waals surface area contributed by atoms with Gasteiger partial charge in [0.15, 0.2) is 0 Å². The number of nitrogens with one attached hydrogen (secondary N) is 3. The minimum Gasteiger partial charge on any atom is -0.361 e. The number of fused-ring (bicyclic) bond motifs is 1. The monoisotopic (exact) mass is 406 g/mol. The zero-order chi connectivity index (χ0) is 20.9. The van der Waals surface area contributed by atoms with E-state index in [1.54, 1.807) is 6.20 Å². The van der Waals surface area contributed by atoms with Gasteiger partial charge in [-0.25, -0.2) is 9.07 Å². The lowest BCUT2D eigenvalue weighted by molar-refractivity contribution is -0.120. The number of carbonyl (C=O) groups is 2. The highest BCUT2D eigenvalue weighted by Gasteiger charge is 2.10. The van der Waals surface area contributed by atoms with Crippen molar-refractivity contribution in [3.8, 4) is 0 Å². The van der Waals surface area contributed by atoms with Gasteiger partial charge < -0.3 is 15.6 Å². The van der Waals surface area contributed by atoms with E-state index in [1.165, 1.54) is 28.9 Å². The van der Waals surface area contributed by atoms with Gasteiger partial charge in [-0.2, -0.15) is 0 Å².